The lowest BCUT2D eigenvalue weighted by Crippen LogP contribution is -2.22. The molecular weight excluding hydrogens is 200 g/mol. The van der Waals surface area contributed by atoms with Gasteiger partial charge in [0, 0.05) is 30.1 Å². The molecule has 16 heavy (non-hydrogen) atoms. The van der Waals surface area contributed by atoms with Gasteiger partial charge in [-0.2, -0.15) is 0 Å². The molecule has 1 aliphatic rings. The van der Waals surface area contributed by atoms with Crippen molar-refractivity contribution < 1.29 is 4.79 Å². The Bertz CT molecular complexity index is 458. The molecule has 1 aromatic rings. The Balaban J connectivity index is 2.06. The van der Waals surface area contributed by atoms with Crippen LogP contribution in [0.15, 0.2) is 59.4 Å². The first-order valence-corrected chi connectivity index (χ1v) is 5.10. The summed E-state index contributed by atoms with van der Waals surface area (Å²) < 4.78 is 0. The number of hydrogen-bond donors (Lipinski definition) is 1. The number of nitrogens with one attached hydrogen (secondary N) is 1. The van der Waals surface area contributed by atoms with Crippen LogP contribution < -0.4 is 5.32 Å². The average Bonchev–Trinajstić information content (AvgIpc) is 2.59. The second-order valence-electron chi connectivity index (χ2n) is 3.40. The molecule has 0 bridgehead atoms. The highest BCUT2D eigenvalue weighted by atomic mass is 16.1. The summed E-state index contributed by atoms with van der Waals surface area (Å²) in [5.74, 6) is -0.0875. The summed E-state index contributed by atoms with van der Waals surface area (Å²) in [5.41, 5.74) is 1.51. The summed E-state index contributed by atoms with van der Waals surface area (Å²) in [6.45, 7) is 0. The molecular formula is C13H12N2O. The molecule has 80 valence electrons. The molecule has 0 atom stereocenters. The van der Waals surface area contributed by atoms with Crippen molar-refractivity contribution in [2.75, 3.05) is 0 Å². The van der Waals surface area contributed by atoms with E-state index in [0.717, 1.165) is 5.70 Å². The second-order valence-corrected chi connectivity index (χ2v) is 3.40. The van der Waals surface area contributed by atoms with Gasteiger partial charge in [-0.3, -0.25) is 9.79 Å². The van der Waals surface area contributed by atoms with Gasteiger partial charge in [-0.1, -0.05) is 24.3 Å². The molecule has 0 aromatic heterocycles. The number of rotatable bonds is 2. The van der Waals surface area contributed by atoms with Crippen LogP contribution >= 0.6 is 0 Å². The Hall–Kier alpha value is -2.16. The topological polar surface area (TPSA) is 41.5 Å². The molecule has 0 spiro atoms. The number of hydrogen-bond acceptors (Lipinski definition) is 2. The zero-order valence-electron chi connectivity index (χ0n) is 8.76. The first-order chi connectivity index (χ1) is 7.86. The largest absolute Gasteiger partial charge is 0.325 e. The molecule has 3 nitrogen and oxygen atoms in total. The van der Waals surface area contributed by atoms with E-state index in [0.29, 0.717) is 12.0 Å². The van der Waals surface area contributed by atoms with E-state index >= 15 is 0 Å². The number of carbonyl (C=O) groups excluding carboxylic acids is 1. The Morgan fingerprint density at radius 1 is 1.25 bits per heavy atom. The van der Waals surface area contributed by atoms with E-state index in [4.69, 9.17) is 0 Å². The van der Waals surface area contributed by atoms with Crippen LogP contribution in [0, 0.1) is 0 Å². The average molecular weight is 212 g/mol. The molecule has 1 aliphatic heterocycles. The molecule has 1 N–H and O–H groups in total. The van der Waals surface area contributed by atoms with Gasteiger partial charge in [-0.25, -0.2) is 0 Å². The lowest BCUT2D eigenvalue weighted by molar-refractivity contribution is 0.0965. The maximum atomic E-state index is 11.8. The predicted octanol–water partition coefficient (Wildman–Crippen LogP) is 2.29. The maximum Gasteiger partial charge on any atom is 0.255 e. The van der Waals surface area contributed by atoms with Gasteiger partial charge in [-0.05, 0) is 18.2 Å². The smallest absolute Gasteiger partial charge is 0.255 e. The zero-order valence-corrected chi connectivity index (χ0v) is 8.76. The number of benzene rings is 1. The standard InChI is InChI=1S/C13H12N2O/c16-13(11-5-2-1-3-6-11)15-12-7-4-9-14-10-8-12/h1-6,8-10H,7H2,(H,15,16). The third-order valence-electron chi connectivity index (χ3n) is 2.20. The van der Waals surface area contributed by atoms with E-state index in [2.05, 4.69) is 10.3 Å². The normalized spacial score (nSPS) is 14.1. The zero-order chi connectivity index (χ0) is 11.2. The summed E-state index contributed by atoms with van der Waals surface area (Å²) in [6, 6.07) is 9.15. The highest BCUT2D eigenvalue weighted by Crippen LogP contribution is 2.04. The minimum atomic E-state index is -0.0875. The van der Waals surface area contributed by atoms with E-state index in [-0.39, 0.29) is 5.91 Å². The molecule has 1 amide bonds. The maximum absolute atomic E-state index is 11.8. The van der Waals surface area contributed by atoms with E-state index in [9.17, 15) is 4.79 Å². The molecule has 0 aliphatic carbocycles. The van der Waals surface area contributed by atoms with Gasteiger partial charge in [0.25, 0.3) is 5.91 Å². The van der Waals surface area contributed by atoms with Crippen molar-refractivity contribution in [1.29, 1.82) is 0 Å². The van der Waals surface area contributed by atoms with Gasteiger partial charge >= 0.3 is 0 Å². The number of amides is 1. The molecule has 3 heteroatoms. The minimum absolute atomic E-state index is 0.0875. The molecule has 0 saturated heterocycles. The number of allylic oxidation sites excluding steroid dienone is 2. The van der Waals surface area contributed by atoms with Crippen molar-refractivity contribution in [1.82, 2.24) is 5.32 Å². The number of aliphatic imine (C=N–C) groups is 1. The third kappa shape index (κ3) is 2.67. The van der Waals surface area contributed by atoms with Crippen LogP contribution in [0.3, 0.4) is 0 Å². The first-order valence-electron chi connectivity index (χ1n) is 5.10. The van der Waals surface area contributed by atoms with Gasteiger partial charge in [-0.15, -0.1) is 0 Å². The van der Waals surface area contributed by atoms with Gasteiger partial charge in [0.1, 0.15) is 0 Å². The van der Waals surface area contributed by atoms with Crippen LogP contribution in [0.4, 0.5) is 0 Å². The van der Waals surface area contributed by atoms with E-state index in [1.165, 1.54) is 0 Å². The van der Waals surface area contributed by atoms with Gasteiger partial charge in [0.05, 0.1) is 0 Å². The molecule has 0 radical (unpaired) electrons. The highest BCUT2D eigenvalue weighted by Gasteiger charge is 2.05. The fourth-order valence-corrected chi connectivity index (χ4v) is 1.39. The first kappa shape index (κ1) is 10.4. The summed E-state index contributed by atoms with van der Waals surface area (Å²) >= 11 is 0. The van der Waals surface area contributed by atoms with Gasteiger partial charge in [0.2, 0.25) is 0 Å². The lowest BCUT2D eigenvalue weighted by Gasteiger charge is -2.06. The summed E-state index contributed by atoms with van der Waals surface area (Å²) in [5, 5.41) is 2.85. The fraction of sp³-hybridized carbons (Fsp3) is 0.0769. The minimum Gasteiger partial charge on any atom is -0.325 e. The molecule has 0 saturated carbocycles. The summed E-state index contributed by atoms with van der Waals surface area (Å²) in [4.78, 5) is 15.8. The number of nitrogens with zero attached hydrogens (tertiary/aromatic N) is 1. The summed E-state index contributed by atoms with van der Waals surface area (Å²) in [7, 11) is 0. The van der Waals surface area contributed by atoms with Crippen molar-refractivity contribution in [3.8, 4) is 0 Å². The van der Waals surface area contributed by atoms with Crippen molar-refractivity contribution in [2.45, 2.75) is 6.42 Å². The summed E-state index contributed by atoms with van der Waals surface area (Å²) in [6.07, 6.45) is 7.79. The van der Waals surface area contributed by atoms with Crippen LogP contribution in [0.5, 0.6) is 0 Å². The van der Waals surface area contributed by atoms with Crippen LogP contribution in [-0.4, -0.2) is 12.1 Å². The Morgan fingerprint density at radius 3 is 2.88 bits per heavy atom. The molecule has 0 unspecified atom stereocenters. The van der Waals surface area contributed by atoms with Crippen LogP contribution in [-0.2, 0) is 0 Å². The predicted molar refractivity (Wildman–Crippen MR) is 64.2 cm³/mol. The van der Waals surface area contributed by atoms with E-state index in [1.54, 1.807) is 30.6 Å². The SMILES string of the molecule is O=C(NC1=CC=NC=CC1)c1ccccc1. The van der Waals surface area contributed by atoms with Gasteiger partial charge in [0.15, 0.2) is 0 Å². The van der Waals surface area contributed by atoms with Crippen molar-refractivity contribution in [2.24, 2.45) is 4.99 Å². The Labute approximate surface area is 94.2 Å². The van der Waals surface area contributed by atoms with Gasteiger partial charge < -0.3 is 5.32 Å². The molecule has 1 heterocycles. The molecule has 1 aromatic carbocycles. The molecule has 0 fully saturated rings. The lowest BCUT2D eigenvalue weighted by atomic mass is 10.2. The second kappa shape index (κ2) is 5.07. The van der Waals surface area contributed by atoms with E-state index in [1.807, 2.05) is 24.3 Å². The van der Waals surface area contributed by atoms with Crippen LogP contribution in [0.2, 0.25) is 0 Å². The fourth-order valence-electron chi connectivity index (χ4n) is 1.39. The van der Waals surface area contributed by atoms with Crippen molar-refractivity contribution in [3.05, 3.63) is 59.9 Å². The Kier molecular flexibility index (Phi) is 3.28. The molecule has 2 rings (SSSR count). The van der Waals surface area contributed by atoms with Crippen LogP contribution in [0.1, 0.15) is 16.8 Å². The van der Waals surface area contributed by atoms with E-state index < -0.39 is 0 Å². The quantitative estimate of drug-likeness (QED) is 0.802. The van der Waals surface area contributed by atoms with Crippen molar-refractivity contribution >= 4 is 12.1 Å². The monoisotopic (exact) mass is 212 g/mol. The Morgan fingerprint density at radius 2 is 2.06 bits per heavy atom. The van der Waals surface area contributed by atoms with Crippen LogP contribution in [0.25, 0.3) is 0 Å². The van der Waals surface area contributed by atoms with Crippen molar-refractivity contribution in [3.63, 3.8) is 0 Å². The third-order valence-corrected chi connectivity index (χ3v) is 2.20. The number of carbonyl (C=O) groups is 1. The highest BCUT2D eigenvalue weighted by molar-refractivity contribution is 5.95.